The van der Waals surface area contributed by atoms with Gasteiger partial charge in [-0.05, 0) is 29.3 Å². The molecule has 102 valence electrons. The Morgan fingerprint density at radius 1 is 1.39 bits per heavy atom. The summed E-state index contributed by atoms with van der Waals surface area (Å²) in [4.78, 5) is 25.9. The molecule has 2 aliphatic heterocycles. The van der Waals surface area contributed by atoms with E-state index in [0.717, 1.165) is 18.7 Å². The molecule has 0 radical (unpaired) electrons. The van der Waals surface area contributed by atoms with E-state index in [1.807, 2.05) is 32.5 Å². The average Bonchev–Trinajstić information content (AvgIpc) is 2.74. The van der Waals surface area contributed by atoms with Crippen LogP contribution in [0.1, 0.15) is 27.2 Å². The molecule has 0 aromatic rings. The summed E-state index contributed by atoms with van der Waals surface area (Å²) in [6.07, 6.45) is 1.16. The Bertz CT molecular complexity index is 345. The molecule has 2 fully saturated rings. The minimum atomic E-state index is -0.382. The van der Waals surface area contributed by atoms with Crippen molar-refractivity contribution in [2.24, 2.45) is 11.3 Å². The first-order valence-corrected chi connectivity index (χ1v) is 7.69. The van der Waals surface area contributed by atoms with Gasteiger partial charge in [0.05, 0.1) is 6.54 Å². The van der Waals surface area contributed by atoms with E-state index in [0.29, 0.717) is 5.92 Å². The van der Waals surface area contributed by atoms with Gasteiger partial charge in [0.15, 0.2) is 0 Å². The highest BCUT2D eigenvalue weighted by Crippen LogP contribution is 2.27. The molecular weight excluding hydrogens is 248 g/mol. The zero-order valence-electron chi connectivity index (χ0n) is 11.4. The van der Waals surface area contributed by atoms with E-state index in [1.54, 1.807) is 4.90 Å². The van der Waals surface area contributed by atoms with E-state index in [2.05, 4.69) is 5.32 Å². The molecule has 1 N–H and O–H groups in total. The van der Waals surface area contributed by atoms with Crippen LogP contribution in [-0.2, 0) is 9.59 Å². The molecule has 2 unspecified atom stereocenters. The standard InChI is InChI=1S/C13H22N2O2S/c1-13(2,3)11-12(17)15(7-10(16)14-11)6-9-4-5-18-8-9/h9,11H,4-8H2,1-3H3,(H,14,16). The first-order valence-electron chi connectivity index (χ1n) is 6.54. The lowest BCUT2D eigenvalue weighted by molar-refractivity contribution is -0.147. The second-order valence-corrected chi connectivity index (χ2v) is 7.46. The Kier molecular flexibility index (Phi) is 3.90. The van der Waals surface area contributed by atoms with Crippen LogP contribution in [0.2, 0.25) is 0 Å². The van der Waals surface area contributed by atoms with Crippen LogP contribution in [-0.4, -0.2) is 47.4 Å². The fourth-order valence-electron chi connectivity index (χ4n) is 2.48. The van der Waals surface area contributed by atoms with Crippen molar-refractivity contribution in [1.82, 2.24) is 10.2 Å². The molecular formula is C13H22N2O2S. The normalized spacial score (nSPS) is 29.6. The summed E-state index contributed by atoms with van der Waals surface area (Å²) in [5, 5.41) is 2.83. The van der Waals surface area contributed by atoms with Gasteiger partial charge >= 0.3 is 0 Å². The van der Waals surface area contributed by atoms with Crippen LogP contribution in [0.5, 0.6) is 0 Å². The second kappa shape index (κ2) is 5.11. The average molecular weight is 270 g/mol. The van der Waals surface area contributed by atoms with Crippen LogP contribution < -0.4 is 5.32 Å². The van der Waals surface area contributed by atoms with E-state index >= 15 is 0 Å². The van der Waals surface area contributed by atoms with Gasteiger partial charge in [-0.1, -0.05) is 20.8 Å². The molecule has 0 bridgehead atoms. The van der Waals surface area contributed by atoms with Gasteiger partial charge in [-0.2, -0.15) is 11.8 Å². The summed E-state index contributed by atoms with van der Waals surface area (Å²) < 4.78 is 0. The van der Waals surface area contributed by atoms with E-state index in [-0.39, 0.29) is 29.8 Å². The monoisotopic (exact) mass is 270 g/mol. The van der Waals surface area contributed by atoms with Gasteiger partial charge in [-0.15, -0.1) is 0 Å². The van der Waals surface area contributed by atoms with E-state index in [1.165, 1.54) is 5.75 Å². The fourth-order valence-corrected chi connectivity index (χ4v) is 3.75. The predicted octanol–water partition coefficient (Wildman–Crippen LogP) is 1.11. The van der Waals surface area contributed by atoms with Crippen molar-refractivity contribution >= 4 is 23.6 Å². The van der Waals surface area contributed by atoms with Gasteiger partial charge in [0.1, 0.15) is 6.04 Å². The number of hydrogen-bond acceptors (Lipinski definition) is 3. The molecule has 4 nitrogen and oxygen atoms in total. The maximum atomic E-state index is 12.4. The van der Waals surface area contributed by atoms with Gasteiger partial charge in [0.25, 0.3) is 0 Å². The first kappa shape index (κ1) is 13.7. The third-order valence-electron chi connectivity index (χ3n) is 3.57. The third-order valence-corrected chi connectivity index (χ3v) is 4.80. The largest absolute Gasteiger partial charge is 0.342 e. The van der Waals surface area contributed by atoms with Crippen LogP contribution >= 0.6 is 11.8 Å². The quantitative estimate of drug-likeness (QED) is 0.818. The highest BCUT2D eigenvalue weighted by Gasteiger charge is 2.40. The number of carbonyl (C=O) groups is 2. The molecule has 5 heteroatoms. The SMILES string of the molecule is CC(C)(C)C1NC(=O)CN(CC2CCSC2)C1=O. The summed E-state index contributed by atoms with van der Waals surface area (Å²) in [6, 6.07) is -0.382. The van der Waals surface area contributed by atoms with Crippen LogP contribution in [0.4, 0.5) is 0 Å². The molecule has 2 heterocycles. The van der Waals surface area contributed by atoms with Gasteiger partial charge in [0.2, 0.25) is 11.8 Å². The zero-order chi connectivity index (χ0) is 13.3. The highest BCUT2D eigenvalue weighted by atomic mass is 32.2. The number of amides is 2. The van der Waals surface area contributed by atoms with Gasteiger partial charge in [-0.3, -0.25) is 9.59 Å². The Balaban J connectivity index is 2.05. The van der Waals surface area contributed by atoms with Crippen LogP contribution in [0.3, 0.4) is 0 Å². The third kappa shape index (κ3) is 2.99. The van der Waals surface area contributed by atoms with Crippen LogP contribution in [0.25, 0.3) is 0 Å². The molecule has 2 amide bonds. The van der Waals surface area contributed by atoms with Crippen molar-refractivity contribution in [3.8, 4) is 0 Å². The fraction of sp³-hybridized carbons (Fsp3) is 0.846. The molecule has 2 atom stereocenters. The highest BCUT2D eigenvalue weighted by molar-refractivity contribution is 7.99. The number of hydrogen-bond donors (Lipinski definition) is 1. The minimum absolute atomic E-state index is 0.0276. The molecule has 2 saturated heterocycles. The van der Waals surface area contributed by atoms with Crippen LogP contribution in [0.15, 0.2) is 0 Å². The lowest BCUT2D eigenvalue weighted by atomic mass is 9.84. The van der Waals surface area contributed by atoms with Crippen molar-refractivity contribution < 1.29 is 9.59 Å². The number of piperazine rings is 1. The first-order chi connectivity index (χ1) is 8.38. The van der Waals surface area contributed by atoms with E-state index in [9.17, 15) is 9.59 Å². The summed E-state index contributed by atoms with van der Waals surface area (Å²) in [6.45, 7) is 6.94. The summed E-state index contributed by atoms with van der Waals surface area (Å²) in [7, 11) is 0. The molecule has 0 aromatic heterocycles. The number of rotatable bonds is 2. The molecule has 0 aliphatic carbocycles. The number of nitrogens with zero attached hydrogens (tertiary/aromatic N) is 1. The molecule has 0 spiro atoms. The molecule has 2 rings (SSSR count). The van der Waals surface area contributed by atoms with Crippen molar-refractivity contribution in [3.05, 3.63) is 0 Å². The Morgan fingerprint density at radius 3 is 2.67 bits per heavy atom. The van der Waals surface area contributed by atoms with Crippen molar-refractivity contribution in [3.63, 3.8) is 0 Å². The minimum Gasteiger partial charge on any atom is -0.342 e. The lowest BCUT2D eigenvalue weighted by Crippen LogP contribution is -2.62. The predicted molar refractivity (Wildman–Crippen MR) is 73.4 cm³/mol. The van der Waals surface area contributed by atoms with Crippen molar-refractivity contribution in [2.75, 3.05) is 24.6 Å². The summed E-state index contributed by atoms with van der Waals surface area (Å²) in [5.41, 5.74) is -0.226. The Morgan fingerprint density at radius 2 is 2.11 bits per heavy atom. The van der Waals surface area contributed by atoms with Crippen LogP contribution in [0, 0.1) is 11.3 Å². The van der Waals surface area contributed by atoms with E-state index in [4.69, 9.17) is 0 Å². The summed E-state index contributed by atoms with van der Waals surface area (Å²) >= 11 is 1.94. The zero-order valence-corrected chi connectivity index (χ0v) is 12.2. The smallest absolute Gasteiger partial charge is 0.246 e. The summed E-state index contributed by atoms with van der Waals surface area (Å²) in [5.74, 6) is 2.91. The van der Waals surface area contributed by atoms with Gasteiger partial charge in [-0.25, -0.2) is 0 Å². The Hall–Kier alpha value is -0.710. The maximum absolute atomic E-state index is 12.4. The lowest BCUT2D eigenvalue weighted by Gasteiger charge is -2.39. The number of thioether (sulfide) groups is 1. The second-order valence-electron chi connectivity index (χ2n) is 6.31. The van der Waals surface area contributed by atoms with Crippen molar-refractivity contribution in [1.29, 1.82) is 0 Å². The number of nitrogens with one attached hydrogen (secondary N) is 1. The molecule has 0 aromatic carbocycles. The van der Waals surface area contributed by atoms with E-state index < -0.39 is 0 Å². The Labute approximate surface area is 113 Å². The molecule has 0 saturated carbocycles. The molecule has 2 aliphatic rings. The van der Waals surface area contributed by atoms with Gasteiger partial charge in [0, 0.05) is 6.54 Å². The topological polar surface area (TPSA) is 49.4 Å². The van der Waals surface area contributed by atoms with Crippen molar-refractivity contribution in [2.45, 2.75) is 33.2 Å². The van der Waals surface area contributed by atoms with Gasteiger partial charge < -0.3 is 10.2 Å². The maximum Gasteiger partial charge on any atom is 0.246 e. The molecule has 18 heavy (non-hydrogen) atoms. The number of carbonyl (C=O) groups excluding carboxylic acids is 2.